The summed E-state index contributed by atoms with van der Waals surface area (Å²) < 4.78 is 62.9. The lowest BCUT2D eigenvalue weighted by atomic mass is 10.1. The van der Waals surface area contributed by atoms with Gasteiger partial charge in [-0.1, -0.05) is 36.4 Å². The van der Waals surface area contributed by atoms with E-state index in [0.29, 0.717) is 23.7 Å². The van der Waals surface area contributed by atoms with Gasteiger partial charge in [-0.15, -0.1) is 11.8 Å². The molecule has 232 valence electrons. The van der Waals surface area contributed by atoms with Gasteiger partial charge in [0.25, 0.3) is 20.0 Å². The molecule has 0 heterocycles. The standard InChI is InChI=1S/C33H31N3O6S3/c1-3-42-27-15-13-26(14-16-27)36(45(40,41)30-21-17-28(43-2)18-22-30)23-33(37)34-25-11-19-29(20-12-25)44(38,39)35-32-10-6-8-24-7-4-5-9-31(24)32/h4-22,35H,3,23H2,1-2H3,(H,34,37). The number of hydrogen-bond acceptors (Lipinski definition) is 7. The zero-order chi connectivity index (χ0) is 32.0. The van der Waals surface area contributed by atoms with Gasteiger partial charge >= 0.3 is 0 Å². The van der Waals surface area contributed by atoms with Crippen molar-refractivity contribution in [1.82, 2.24) is 0 Å². The van der Waals surface area contributed by atoms with Gasteiger partial charge in [0.2, 0.25) is 5.91 Å². The van der Waals surface area contributed by atoms with Crippen molar-refractivity contribution in [2.75, 3.05) is 33.8 Å². The number of ether oxygens (including phenoxy) is 1. The van der Waals surface area contributed by atoms with Crippen LogP contribution in [-0.4, -0.2) is 42.2 Å². The molecule has 0 unspecified atom stereocenters. The molecule has 0 radical (unpaired) electrons. The van der Waals surface area contributed by atoms with Crippen LogP contribution in [0.2, 0.25) is 0 Å². The molecule has 0 fully saturated rings. The van der Waals surface area contributed by atoms with Gasteiger partial charge in [-0.25, -0.2) is 16.8 Å². The number of carbonyl (C=O) groups excluding carboxylic acids is 1. The Bertz CT molecular complexity index is 2010. The summed E-state index contributed by atoms with van der Waals surface area (Å²) in [4.78, 5) is 14.2. The maximum atomic E-state index is 13.8. The van der Waals surface area contributed by atoms with Crippen molar-refractivity contribution in [3.8, 4) is 5.75 Å². The van der Waals surface area contributed by atoms with E-state index in [4.69, 9.17) is 4.74 Å². The number of hydrogen-bond donors (Lipinski definition) is 2. The summed E-state index contributed by atoms with van der Waals surface area (Å²) in [7, 11) is -8.06. The zero-order valence-electron chi connectivity index (χ0n) is 24.5. The third kappa shape index (κ3) is 7.42. The Hall–Kier alpha value is -4.52. The third-order valence-electron chi connectivity index (χ3n) is 6.85. The molecule has 45 heavy (non-hydrogen) atoms. The summed E-state index contributed by atoms with van der Waals surface area (Å²) in [6.07, 6.45) is 1.89. The summed E-state index contributed by atoms with van der Waals surface area (Å²) in [5.41, 5.74) is 1.03. The van der Waals surface area contributed by atoms with Crippen molar-refractivity contribution < 1.29 is 26.4 Å². The minimum absolute atomic E-state index is 0.000662. The molecule has 0 bridgehead atoms. The fraction of sp³-hybridized carbons (Fsp3) is 0.121. The number of anilines is 3. The van der Waals surface area contributed by atoms with Crippen LogP contribution in [0.25, 0.3) is 10.8 Å². The minimum Gasteiger partial charge on any atom is -0.494 e. The van der Waals surface area contributed by atoms with Crippen molar-refractivity contribution in [3.05, 3.63) is 115 Å². The molecule has 12 heteroatoms. The predicted octanol–water partition coefficient (Wildman–Crippen LogP) is 6.60. The van der Waals surface area contributed by atoms with Crippen molar-refractivity contribution in [2.24, 2.45) is 0 Å². The highest BCUT2D eigenvalue weighted by molar-refractivity contribution is 7.98. The second kappa shape index (κ2) is 13.6. The number of carbonyl (C=O) groups is 1. The lowest BCUT2D eigenvalue weighted by Gasteiger charge is -2.24. The van der Waals surface area contributed by atoms with Gasteiger partial charge in [0, 0.05) is 16.0 Å². The molecule has 0 aliphatic heterocycles. The van der Waals surface area contributed by atoms with Crippen molar-refractivity contribution in [1.29, 1.82) is 0 Å². The number of rotatable bonds is 12. The van der Waals surface area contributed by atoms with Crippen LogP contribution in [0.15, 0.2) is 130 Å². The Labute approximate surface area is 267 Å². The van der Waals surface area contributed by atoms with E-state index < -0.39 is 32.5 Å². The molecule has 0 spiro atoms. The number of amides is 1. The Balaban J connectivity index is 1.35. The SMILES string of the molecule is CCOc1ccc(N(CC(=O)Nc2ccc(S(=O)(=O)Nc3cccc4ccccc34)cc2)S(=O)(=O)c2ccc(SC)cc2)cc1. The first-order valence-corrected chi connectivity index (χ1v) is 18.1. The van der Waals surface area contributed by atoms with Crippen LogP contribution in [0.4, 0.5) is 17.1 Å². The normalized spacial score (nSPS) is 11.6. The molecule has 1 amide bonds. The highest BCUT2D eigenvalue weighted by Gasteiger charge is 2.27. The van der Waals surface area contributed by atoms with Crippen LogP contribution in [0.5, 0.6) is 5.75 Å². The topological polar surface area (TPSA) is 122 Å². The number of sulfonamides is 2. The predicted molar refractivity (Wildman–Crippen MR) is 180 cm³/mol. The lowest BCUT2D eigenvalue weighted by molar-refractivity contribution is -0.114. The smallest absolute Gasteiger partial charge is 0.264 e. The van der Waals surface area contributed by atoms with Crippen LogP contribution in [0, 0.1) is 0 Å². The van der Waals surface area contributed by atoms with E-state index in [9.17, 15) is 21.6 Å². The fourth-order valence-corrected chi connectivity index (χ4v) is 7.54. The molecule has 0 saturated carbocycles. The van der Waals surface area contributed by atoms with E-state index >= 15 is 0 Å². The monoisotopic (exact) mass is 661 g/mol. The van der Waals surface area contributed by atoms with Crippen molar-refractivity contribution in [3.63, 3.8) is 0 Å². The summed E-state index contributed by atoms with van der Waals surface area (Å²) in [6, 6.07) is 31.3. The number of thioether (sulfide) groups is 1. The lowest BCUT2D eigenvalue weighted by Crippen LogP contribution is -2.38. The van der Waals surface area contributed by atoms with Gasteiger partial charge in [0.1, 0.15) is 12.3 Å². The minimum atomic E-state index is -4.13. The first-order chi connectivity index (χ1) is 21.6. The Morgan fingerprint density at radius 2 is 1.42 bits per heavy atom. The zero-order valence-corrected chi connectivity index (χ0v) is 27.0. The molecular formula is C33H31N3O6S3. The van der Waals surface area contributed by atoms with Crippen LogP contribution in [0.1, 0.15) is 6.92 Å². The van der Waals surface area contributed by atoms with Gasteiger partial charge in [-0.2, -0.15) is 0 Å². The fourth-order valence-electron chi connectivity index (χ4n) is 4.63. The van der Waals surface area contributed by atoms with E-state index in [1.165, 1.54) is 48.2 Å². The highest BCUT2D eigenvalue weighted by atomic mass is 32.2. The first-order valence-electron chi connectivity index (χ1n) is 13.9. The number of nitrogens with one attached hydrogen (secondary N) is 2. The van der Waals surface area contributed by atoms with Crippen LogP contribution >= 0.6 is 11.8 Å². The molecule has 2 N–H and O–H groups in total. The molecular weight excluding hydrogens is 631 g/mol. The molecule has 5 aromatic carbocycles. The van der Waals surface area contributed by atoms with E-state index in [0.717, 1.165) is 20.0 Å². The summed E-state index contributed by atoms with van der Waals surface area (Å²) in [5, 5.41) is 4.34. The number of nitrogens with zero attached hydrogens (tertiary/aromatic N) is 1. The second-order valence-electron chi connectivity index (χ2n) is 9.82. The maximum absolute atomic E-state index is 13.8. The molecule has 5 rings (SSSR count). The average molecular weight is 662 g/mol. The van der Waals surface area contributed by atoms with Crippen LogP contribution in [-0.2, 0) is 24.8 Å². The van der Waals surface area contributed by atoms with Gasteiger partial charge in [0.05, 0.1) is 27.8 Å². The van der Waals surface area contributed by atoms with E-state index in [2.05, 4.69) is 10.0 Å². The molecule has 0 saturated heterocycles. The molecule has 0 aromatic heterocycles. The van der Waals surface area contributed by atoms with Crippen LogP contribution in [0.3, 0.4) is 0 Å². The summed E-state index contributed by atoms with van der Waals surface area (Å²) >= 11 is 1.49. The second-order valence-corrected chi connectivity index (χ2v) is 14.2. The van der Waals surface area contributed by atoms with Crippen molar-refractivity contribution >= 4 is 65.6 Å². The van der Waals surface area contributed by atoms with Gasteiger partial charge in [-0.05, 0) is 97.4 Å². The maximum Gasteiger partial charge on any atom is 0.264 e. The van der Waals surface area contributed by atoms with E-state index in [1.807, 2.05) is 43.5 Å². The van der Waals surface area contributed by atoms with Crippen LogP contribution < -0.4 is 19.1 Å². The Morgan fingerprint density at radius 1 is 0.778 bits per heavy atom. The van der Waals surface area contributed by atoms with Crippen molar-refractivity contribution in [2.45, 2.75) is 21.6 Å². The Kier molecular flexibility index (Phi) is 9.66. The average Bonchev–Trinajstić information content (AvgIpc) is 3.04. The molecule has 0 atom stereocenters. The molecule has 0 aliphatic carbocycles. The third-order valence-corrected chi connectivity index (χ3v) is 10.8. The van der Waals surface area contributed by atoms with E-state index in [1.54, 1.807) is 48.5 Å². The largest absolute Gasteiger partial charge is 0.494 e. The molecule has 9 nitrogen and oxygen atoms in total. The van der Waals surface area contributed by atoms with E-state index in [-0.39, 0.29) is 15.5 Å². The summed E-state index contributed by atoms with van der Waals surface area (Å²) in [6.45, 7) is 1.77. The highest BCUT2D eigenvalue weighted by Crippen LogP contribution is 2.28. The van der Waals surface area contributed by atoms with Gasteiger partial charge in [0.15, 0.2) is 0 Å². The summed E-state index contributed by atoms with van der Waals surface area (Å²) in [5.74, 6) is -0.0463. The van der Waals surface area contributed by atoms with Gasteiger partial charge in [-0.3, -0.25) is 13.8 Å². The number of fused-ring (bicyclic) bond motifs is 1. The first kappa shape index (κ1) is 31.9. The van der Waals surface area contributed by atoms with Gasteiger partial charge < -0.3 is 10.1 Å². The molecule has 5 aromatic rings. The number of benzene rings is 5. The molecule has 0 aliphatic rings. The quantitative estimate of drug-likeness (QED) is 0.145. The Morgan fingerprint density at radius 3 is 2.09 bits per heavy atom.